The SMILES string of the molecule is CCc1cccc(C)c1NC(=O)COC(=O)[C@@H](C)Sc1ccccc1. The number of para-hydroxylation sites is 1. The molecule has 0 saturated heterocycles. The summed E-state index contributed by atoms with van der Waals surface area (Å²) in [5.41, 5.74) is 2.86. The van der Waals surface area contributed by atoms with Gasteiger partial charge in [0.1, 0.15) is 5.25 Å². The molecule has 25 heavy (non-hydrogen) atoms. The maximum Gasteiger partial charge on any atom is 0.319 e. The van der Waals surface area contributed by atoms with Gasteiger partial charge in [-0.15, -0.1) is 11.8 Å². The predicted octanol–water partition coefficient (Wildman–Crippen LogP) is 4.22. The average molecular weight is 357 g/mol. The summed E-state index contributed by atoms with van der Waals surface area (Å²) in [7, 11) is 0. The fourth-order valence-electron chi connectivity index (χ4n) is 2.38. The van der Waals surface area contributed by atoms with Gasteiger partial charge in [-0.25, -0.2) is 0 Å². The Morgan fingerprint density at radius 3 is 2.52 bits per heavy atom. The van der Waals surface area contributed by atoms with Crippen molar-refractivity contribution in [3.05, 3.63) is 59.7 Å². The molecule has 0 bridgehead atoms. The van der Waals surface area contributed by atoms with Gasteiger partial charge >= 0.3 is 5.97 Å². The van der Waals surface area contributed by atoms with Gasteiger partial charge in [0.2, 0.25) is 0 Å². The Hall–Kier alpha value is -2.27. The number of esters is 1. The normalized spacial score (nSPS) is 11.6. The maximum absolute atomic E-state index is 12.1. The van der Waals surface area contributed by atoms with E-state index < -0.39 is 5.97 Å². The van der Waals surface area contributed by atoms with Gasteiger partial charge in [0, 0.05) is 10.6 Å². The van der Waals surface area contributed by atoms with E-state index in [1.165, 1.54) is 11.8 Å². The molecule has 1 N–H and O–H groups in total. The molecule has 1 amide bonds. The number of ether oxygens (including phenoxy) is 1. The maximum atomic E-state index is 12.1. The highest BCUT2D eigenvalue weighted by Crippen LogP contribution is 2.24. The largest absolute Gasteiger partial charge is 0.455 e. The zero-order valence-electron chi connectivity index (χ0n) is 14.7. The first-order valence-corrected chi connectivity index (χ1v) is 9.16. The van der Waals surface area contributed by atoms with Gasteiger partial charge in [0.25, 0.3) is 5.91 Å². The van der Waals surface area contributed by atoms with Gasteiger partial charge in [-0.1, -0.05) is 43.3 Å². The van der Waals surface area contributed by atoms with Crippen LogP contribution in [0.4, 0.5) is 5.69 Å². The Morgan fingerprint density at radius 1 is 1.12 bits per heavy atom. The minimum absolute atomic E-state index is 0.282. The quantitative estimate of drug-likeness (QED) is 0.595. The summed E-state index contributed by atoms with van der Waals surface area (Å²) in [6.45, 7) is 5.47. The molecule has 0 aliphatic rings. The second kappa shape index (κ2) is 9.28. The Kier molecular flexibility index (Phi) is 7.07. The van der Waals surface area contributed by atoms with Crippen LogP contribution in [-0.4, -0.2) is 23.7 Å². The number of aryl methyl sites for hydroxylation is 2. The molecular weight excluding hydrogens is 334 g/mol. The molecule has 0 aliphatic heterocycles. The summed E-state index contributed by atoms with van der Waals surface area (Å²) in [5, 5.41) is 2.48. The van der Waals surface area contributed by atoms with E-state index in [4.69, 9.17) is 4.74 Å². The van der Waals surface area contributed by atoms with Crippen molar-refractivity contribution in [1.82, 2.24) is 0 Å². The van der Waals surface area contributed by atoms with Gasteiger partial charge in [-0.2, -0.15) is 0 Å². The molecule has 5 heteroatoms. The number of benzene rings is 2. The highest BCUT2D eigenvalue weighted by Gasteiger charge is 2.18. The number of carbonyl (C=O) groups is 2. The lowest BCUT2D eigenvalue weighted by Crippen LogP contribution is -2.25. The van der Waals surface area contributed by atoms with Gasteiger partial charge in [0.15, 0.2) is 6.61 Å². The molecule has 0 aliphatic carbocycles. The Balaban J connectivity index is 1.86. The number of anilines is 1. The van der Waals surface area contributed by atoms with E-state index in [1.54, 1.807) is 6.92 Å². The van der Waals surface area contributed by atoms with Crippen molar-refractivity contribution in [2.45, 2.75) is 37.3 Å². The number of rotatable bonds is 7. The molecule has 2 aromatic carbocycles. The van der Waals surface area contributed by atoms with Crippen LogP contribution in [0.5, 0.6) is 0 Å². The Morgan fingerprint density at radius 2 is 1.84 bits per heavy atom. The van der Waals surface area contributed by atoms with Crippen molar-refractivity contribution in [1.29, 1.82) is 0 Å². The van der Waals surface area contributed by atoms with E-state index in [-0.39, 0.29) is 17.8 Å². The fourth-order valence-corrected chi connectivity index (χ4v) is 3.27. The summed E-state index contributed by atoms with van der Waals surface area (Å²) >= 11 is 1.41. The number of thioether (sulfide) groups is 1. The molecule has 0 spiro atoms. The molecule has 0 unspecified atom stereocenters. The molecule has 0 saturated carbocycles. The van der Waals surface area contributed by atoms with Gasteiger partial charge < -0.3 is 10.1 Å². The summed E-state index contributed by atoms with van der Waals surface area (Å²) in [6, 6.07) is 15.5. The highest BCUT2D eigenvalue weighted by atomic mass is 32.2. The van der Waals surface area contributed by atoms with Crippen LogP contribution in [0.3, 0.4) is 0 Å². The number of hydrogen-bond acceptors (Lipinski definition) is 4. The molecule has 2 aromatic rings. The smallest absolute Gasteiger partial charge is 0.319 e. The fraction of sp³-hybridized carbons (Fsp3) is 0.300. The standard InChI is InChI=1S/C20H23NO3S/c1-4-16-10-8-9-14(2)19(16)21-18(22)13-24-20(23)15(3)25-17-11-6-5-7-12-17/h5-12,15H,4,13H2,1-3H3,(H,21,22)/t15-/m1/s1. The second-order valence-electron chi connectivity index (χ2n) is 5.69. The van der Waals surface area contributed by atoms with Crippen LogP contribution in [0, 0.1) is 6.92 Å². The molecule has 0 fully saturated rings. The van der Waals surface area contributed by atoms with Crippen molar-refractivity contribution >= 4 is 29.3 Å². The minimum Gasteiger partial charge on any atom is -0.455 e. The topological polar surface area (TPSA) is 55.4 Å². The van der Waals surface area contributed by atoms with E-state index >= 15 is 0 Å². The molecule has 132 valence electrons. The van der Waals surface area contributed by atoms with Crippen molar-refractivity contribution in [2.75, 3.05) is 11.9 Å². The Bertz CT molecular complexity index is 731. The van der Waals surface area contributed by atoms with E-state index in [9.17, 15) is 9.59 Å². The zero-order valence-corrected chi connectivity index (χ0v) is 15.6. The van der Waals surface area contributed by atoms with Crippen LogP contribution in [0.2, 0.25) is 0 Å². The first-order chi connectivity index (χ1) is 12.0. The van der Waals surface area contributed by atoms with Crippen LogP contribution in [0.1, 0.15) is 25.0 Å². The summed E-state index contributed by atoms with van der Waals surface area (Å²) in [4.78, 5) is 25.2. The van der Waals surface area contributed by atoms with Crippen molar-refractivity contribution in [3.63, 3.8) is 0 Å². The number of amides is 1. The molecule has 2 rings (SSSR count). The molecule has 0 heterocycles. The van der Waals surface area contributed by atoms with E-state index in [0.717, 1.165) is 28.1 Å². The highest BCUT2D eigenvalue weighted by molar-refractivity contribution is 8.00. The summed E-state index contributed by atoms with van der Waals surface area (Å²) in [6.07, 6.45) is 0.821. The van der Waals surface area contributed by atoms with Crippen LogP contribution in [-0.2, 0) is 20.7 Å². The first-order valence-electron chi connectivity index (χ1n) is 8.28. The van der Waals surface area contributed by atoms with Crippen molar-refractivity contribution < 1.29 is 14.3 Å². The van der Waals surface area contributed by atoms with E-state index in [1.807, 2.05) is 62.4 Å². The minimum atomic E-state index is -0.399. The number of hydrogen-bond donors (Lipinski definition) is 1. The zero-order chi connectivity index (χ0) is 18.2. The second-order valence-corrected chi connectivity index (χ2v) is 7.11. The molecule has 4 nitrogen and oxygen atoms in total. The monoisotopic (exact) mass is 357 g/mol. The molecular formula is C20H23NO3S. The average Bonchev–Trinajstić information content (AvgIpc) is 2.62. The third kappa shape index (κ3) is 5.64. The van der Waals surface area contributed by atoms with Crippen LogP contribution in [0.15, 0.2) is 53.4 Å². The van der Waals surface area contributed by atoms with Crippen LogP contribution in [0.25, 0.3) is 0 Å². The van der Waals surface area contributed by atoms with Crippen molar-refractivity contribution in [3.8, 4) is 0 Å². The van der Waals surface area contributed by atoms with Crippen LogP contribution < -0.4 is 5.32 Å². The lowest BCUT2D eigenvalue weighted by Gasteiger charge is -2.14. The van der Waals surface area contributed by atoms with Gasteiger partial charge in [-0.3, -0.25) is 9.59 Å². The molecule has 0 aromatic heterocycles. The van der Waals surface area contributed by atoms with Crippen LogP contribution >= 0.6 is 11.8 Å². The van der Waals surface area contributed by atoms with Crippen molar-refractivity contribution in [2.24, 2.45) is 0 Å². The molecule has 0 radical (unpaired) electrons. The summed E-state index contributed by atoms with van der Waals surface area (Å²) in [5.74, 6) is -0.723. The van der Waals surface area contributed by atoms with Gasteiger partial charge in [0.05, 0.1) is 0 Å². The lowest BCUT2D eigenvalue weighted by molar-refractivity contribution is -0.146. The third-order valence-electron chi connectivity index (χ3n) is 3.74. The number of nitrogens with one attached hydrogen (secondary N) is 1. The van der Waals surface area contributed by atoms with Gasteiger partial charge in [-0.05, 0) is 43.5 Å². The third-order valence-corrected chi connectivity index (χ3v) is 4.83. The Labute approximate surface area is 153 Å². The number of carbonyl (C=O) groups excluding carboxylic acids is 2. The lowest BCUT2D eigenvalue weighted by atomic mass is 10.1. The predicted molar refractivity (Wildman–Crippen MR) is 102 cm³/mol. The summed E-state index contributed by atoms with van der Waals surface area (Å²) < 4.78 is 5.15. The molecule has 1 atom stereocenters. The van der Waals surface area contributed by atoms with E-state index in [0.29, 0.717) is 0 Å². The van der Waals surface area contributed by atoms with E-state index in [2.05, 4.69) is 5.32 Å². The first kappa shape index (κ1) is 19.1.